The van der Waals surface area contributed by atoms with E-state index in [0.717, 1.165) is 6.07 Å². The highest BCUT2D eigenvalue weighted by Gasteiger charge is 2.33. The number of halogens is 4. The van der Waals surface area contributed by atoms with Gasteiger partial charge in [-0.25, -0.2) is 0 Å². The van der Waals surface area contributed by atoms with Crippen molar-refractivity contribution in [2.75, 3.05) is 0 Å². The van der Waals surface area contributed by atoms with Crippen LogP contribution in [0.3, 0.4) is 0 Å². The number of nitrogens with one attached hydrogen (secondary N) is 1. The molecule has 3 nitrogen and oxygen atoms in total. The molecule has 1 aromatic carbocycles. The van der Waals surface area contributed by atoms with Gasteiger partial charge < -0.3 is 5.32 Å². The van der Waals surface area contributed by atoms with E-state index in [2.05, 4.69) is 21.2 Å². The lowest BCUT2D eigenvalue weighted by Gasteiger charge is -2.15. The van der Waals surface area contributed by atoms with Gasteiger partial charge in [0.2, 0.25) is 0 Å². The molecule has 0 radical (unpaired) electrons. The fourth-order valence-electron chi connectivity index (χ4n) is 1.56. The Hall–Kier alpha value is -1.55. The van der Waals surface area contributed by atoms with E-state index in [1.165, 1.54) is 12.1 Å². The Kier molecular flexibility index (Phi) is 5.57. The van der Waals surface area contributed by atoms with Crippen LogP contribution in [-0.4, -0.2) is 11.9 Å². The van der Waals surface area contributed by atoms with Gasteiger partial charge in [0.05, 0.1) is 18.1 Å². The van der Waals surface area contributed by atoms with Crippen molar-refractivity contribution in [3.8, 4) is 6.07 Å². The van der Waals surface area contributed by atoms with E-state index in [0.29, 0.717) is 6.42 Å². The Labute approximate surface area is 122 Å². The minimum atomic E-state index is -4.54. The molecule has 20 heavy (non-hydrogen) atoms. The minimum absolute atomic E-state index is 0.0862. The third-order valence-corrected chi connectivity index (χ3v) is 3.39. The summed E-state index contributed by atoms with van der Waals surface area (Å²) in [5, 5.41) is 11.1. The minimum Gasteiger partial charge on any atom is -0.348 e. The summed E-state index contributed by atoms with van der Waals surface area (Å²) in [6.45, 7) is 1.78. The summed E-state index contributed by atoms with van der Waals surface area (Å²) < 4.78 is 38.1. The molecule has 0 saturated heterocycles. The van der Waals surface area contributed by atoms with Crippen LogP contribution < -0.4 is 5.32 Å². The molecule has 0 aliphatic heterocycles. The molecule has 0 aliphatic carbocycles. The average Bonchev–Trinajstić information content (AvgIpc) is 2.37. The Morgan fingerprint density at radius 2 is 2.15 bits per heavy atom. The summed E-state index contributed by atoms with van der Waals surface area (Å²) in [5.74, 6) is -0.620. The number of hydrogen-bond donors (Lipinski definition) is 1. The number of benzene rings is 1. The zero-order valence-corrected chi connectivity index (χ0v) is 12.2. The van der Waals surface area contributed by atoms with Gasteiger partial charge in [-0.05, 0) is 24.6 Å². The Morgan fingerprint density at radius 1 is 1.50 bits per heavy atom. The Balaban J connectivity index is 2.98. The van der Waals surface area contributed by atoms with Crippen molar-refractivity contribution < 1.29 is 18.0 Å². The van der Waals surface area contributed by atoms with Crippen molar-refractivity contribution in [2.24, 2.45) is 0 Å². The number of carbonyl (C=O) groups excluding carboxylic acids is 1. The molecule has 1 aromatic rings. The van der Waals surface area contributed by atoms with Gasteiger partial charge in [0.1, 0.15) is 0 Å². The van der Waals surface area contributed by atoms with Gasteiger partial charge in [-0.1, -0.05) is 22.9 Å². The van der Waals surface area contributed by atoms with Crippen LogP contribution in [-0.2, 0) is 6.18 Å². The molecular weight excluding hydrogens is 337 g/mol. The molecule has 1 atom stereocenters. The fraction of sp³-hybridized carbons (Fsp3) is 0.385. The summed E-state index contributed by atoms with van der Waals surface area (Å²) in [7, 11) is 0. The van der Waals surface area contributed by atoms with E-state index in [9.17, 15) is 18.0 Å². The zero-order chi connectivity index (χ0) is 15.3. The van der Waals surface area contributed by atoms with Crippen LogP contribution in [0.2, 0.25) is 0 Å². The van der Waals surface area contributed by atoms with Gasteiger partial charge in [-0.3, -0.25) is 4.79 Å². The van der Waals surface area contributed by atoms with Gasteiger partial charge in [0.15, 0.2) is 0 Å². The van der Waals surface area contributed by atoms with Crippen LogP contribution in [0.4, 0.5) is 13.2 Å². The second-order valence-corrected chi connectivity index (χ2v) is 4.99. The fourth-order valence-corrected chi connectivity index (χ4v) is 2.03. The van der Waals surface area contributed by atoms with Crippen molar-refractivity contribution in [1.82, 2.24) is 5.32 Å². The lowest BCUT2D eigenvalue weighted by molar-refractivity contribution is -0.138. The summed E-state index contributed by atoms with van der Waals surface area (Å²) in [4.78, 5) is 11.9. The summed E-state index contributed by atoms with van der Waals surface area (Å²) in [6.07, 6.45) is -3.89. The normalized spacial score (nSPS) is 12.6. The largest absolute Gasteiger partial charge is 0.417 e. The number of rotatable bonds is 4. The van der Waals surface area contributed by atoms with E-state index in [1.54, 1.807) is 6.92 Å². The van der Waals surface area contributed by atoms with E-state index in [1.807, 2.05) is 6.07 Å². The number of carbonyl (C=O) groups is 1. The molecule has 0 aliphatic rings. The summed E-state index contributed by atoms with van der Waals surface area (Å²) in [6, 6.07) is 4.82. The van der Waals surface area contributed by atoms with Gasteiger partial charge in [0.25, 0.3) is 5.91 Å². The quantitative estimate of drug-likeness (QED) is 0.897. The lowest BCUT2D eigenvalue weighted by Crippen LogP contribution is -2.34. The lowest BCUT2D eigenvalue weighted by atomic mass is 10.1. The van der Waals surface area contributed by atoms with E-state index < -0.39 is 17.6 Å². The first kappa shape index (κ1) is 16.5. The highest BCUT2D eigenvalue weighted by atomic mass is 79.9. The highest BCUT2D eigenvalue weighted by Crippen LogP contribution is 2.35. The van der Waals surface area contributed by atoms with Gasteiger partial charge in [-0.2, -0.15) is 18.4 Å². The first-order valence-corrected chi connectivity index (χ1v) is 6.63. The van der Waals surface area contributed by atoms with Crippen LogP contribution >= 0.6 is 15.9 Å². The topological polar surface area (TPSA) is 52.9 Å². The van der Waals surface area contributed by atoms with E-state index >= 15 is 0 Å². The second-order valence-electron chi connectivity index (χ2n) is 4.13. The van der Waals surface area contributed by atoms with Crippen LogP contribution in [0.25, 0.3) is 0 Å². The van der Waals surface area contributed by atoms with Gasteiger partial charge in [-0.15, -0.1) is 0 Å². The molecule has 0 spiro atoms. The van der Waals surface area contributed by atoms with Crippen molar-refractivity contribution in [1.29, 1.82) is 5.26 Å². The predicted octanol–water partition coefficient (Wildman–Crippen LogP) is 3.89. The van der Waals surface area contributed by atoms with Crippen molar-refractivity contribution in [3.05, 3.63) is 33.8 Å². The molecule has 0 bridgehead atoms. The summed E-state index contributed by atoms with van der Waals surface area (Å²) in [5.41, 5.74) is -0.990. The molecule has 1 unspecified atom stereocenters. The monoisotopic (exact) mass is 348 g/mol. The van der Waals surface area contributed by atoms with Crippen molar-refractivity contribution in [3.63, 3.8) is 0 Å². The Morgan fingerprint density at radius 3 is 2.65 bits per heavy atom. The van der Waals surface area contributed by atoms with Crippen molar-refractivity contribution >= 4 is 21.8 Å². The third kappa shape index (κ3) is 4.23. The first-order chi connectivity index (χ1) is 9.29. The molecule has 0 heterocycles. The zero-order valence-electron chi connectivity index (χ0n) is 10.6. The maximum absolute atomic E-state index is 12.7. The molecule has 1 N–H and O–H groups in total. The molecule has 0 saturated carbocycles. The first-order valence-electron chi connectivity index (χ1n) is 5.84. The predicted molar refractivity (Wildman–Crippen MR) is 70.9 cm³/mol. The Bertz CT molecular complexity index is 537. The SMILES string of the molecule is CCC(CC#N)NC(=O)c1ccc(Br)c(C(F)(F)F)c1. The number of amides is 1. The van der Waals surface area contributed by atoms with E-state index in [4.69, 9.17) is 5.26 Å². The second kappa shape index (κ2) is 6.75. The number of nitriles is 1. The van der Waals surface area contributed by atoms with Crippen LogP contribution in [0.1, 0.15) is 35.7 Å². The molecule has 1 rings (SSSR count). The van der Waals surface area contributed by atoms with E-state index in [-0.39, 0.29) is 22.5 Å². The number of alkyl halides is 3. The smallest absolute Gasteiger partial charge is 0.348 e. The highest BCUT2D eigenvalue weighted by molar-refractivity contribution is 9.10. The van der Waals surface area contributed by atoms with Crippen molar-refractivity contribution in [2.45, 2.75) is 32.0 Å². The standard InChI is InChI=1S/C13H12BrF3N2O/c1-2-9(5-6-18)19-12(20)8-3-4-11(14)10(7-8)13(15,16)17/h3-4,7,9H,2,5H2,1H3,(H,19,20). The number of nitrogens with zero attached hydrogens (tertiary/aromatic N) is 1. The molecule has 1 amide bonds. The third-order valence-electron chi connectivity index (χ3n) is 2.70. The summed E-state index contributed by atoms with van der Waals surface area (Å²) >= 11 is 2.81. The molecule has 108 valence electrons. The molecule has 0 fully saturated rings. The van der Waals surface area contributed by atoms with Crippen LogP contribution in [0, 0.1) is 11.3 Å². The van der Waals surface area contributed by atoms with Gasteiger partial charge >= 0.3 is 6.18 Å². The molecule has 0 aromatic heterocycles. The van der Waals surface area contributed by atoms with Crippen LogP contribution in [0.15, 0.2) is 22.7 Å². The van der Waals surface area contributed by atoms with Crippen LogP contribution in [0.5, 0.6) is 0 Å². The van der Waals surface area contributed by atoms with Gasteiger partial charge in [0, 0.05) is 16.1 Å². The average molecular weight is 349 g/mol. The maximum Gasteiger partial charge on any atom is 0.417 e. The molecule has 7 heteroatoms. The number of hydrogen-bond acceptors (Lipinski definition) is 2. The molecular formula is C13H12BrF3N2O. The maximum atomic E-state index is 12.7.